The van der Waals surface area contributed by atoms with Crippen LogP contribution in [0, 0.1) is 5.92 Å². The van der Waals surface area contributed by atoms with Gasteiger partial charge in [-0.15, -0.1) is 0 Å². The number of hydrogen-bond donors (Lipinski definition) is 2. The van der Waals surface area contributed by atoms with Gasteiger partial charge in [0.15, 0.2) is 0 Å². The third-order valence-corrected chi connectivity index (χ3v) is 3.89. The van der Waals surface area contributed by atoms with E-state index in [-0.39, 0.29) is 24.3 Å². The summed E-state index contributed by atoms with van der Waals surface area (Å²) in [5.41, 5.74) is 0.718. The van der Waals surface area contributed by atoms with Gasteiger partial charge in [-0.3, -0.25) is 0 Å². The van der Waals surface area contributed by atoms with Gasteiger partial charge in [0.1, 0.15) is 5.75 Å². The van der Waals surface area contributed by atoms with Gasteiger partial charge in [-0.1, -0.05) is 31.0 Å². The molecule has 0 amide bonds. The molecule has 112 valence electrons. The van der Waals surface area contributed by atoms with Crippen molar-refractivity contribution in [2.75, 3.05) is 6.61 Å². The summed E-state index contributed by atoms with van der Waals surface area (Å²) in [5.74, 6) is 0.471. The molecule has 0 spiro atoms. The van der Waals surface area contributed by atoms with E-state index in [9.17, 15) is 13.9 Å². The topological polar surface area (TPSA) is 41.5 Å². The molecule has 0 aliphatic heterocycles. The van der Waals surface area contributed by atoms with Crippen molar-refractivity contribution < 1.29 is 18.6 Å². The largest absolute Gasteiger partial charge is 0.434 e. The lowest BCUT2D eigenvalue weighted by Crippen LogP contribution is -2.39. The molecule has 3 nitrogen and oxygen atoms in total. The molecule has 0 aromatic heterocycles. The van der Waals surface area contributed by atoms with Crippen LogP contribution in [0.25, 0.3) is 0 Å². The van der Waals surface area contributed by atoms with E-state index in [0.717, 1.165) is 31.2 Å². The highest BCUT2D eigenvalue weighted by molar-refractivity contribution is 5.33. The Morgan fingerprint density at radius 2 is 2.00 bits per heavy atom. The summed E-state index contributed by atoms with van der Waals surface area (Å²) in [5, 5.41) is 12.7. The van der Waals surface area contributed by atoms with E-state index in [1.165, 1.54) is 0 Å². The number of ether oxygens (including phenoxy) is 1. The first-order valence-electron chi connectivity index (χ1n) is 7.07. The summed E-state index contributed by atoms with van der Waals surface area (Å²) < 4.78 is 29.2. The quantitative estimate of drug-likeness (QED) is 0.844. The fourth-order valence-corrected chi connectivity index (χ4v) is 2.80. The Hall–Kier alpha value is -1.20. The Labute approximate surface area is 117 Å². The molecule has 1 saturated carbocycles. The smallest absolute Gasteiger partial charge is 0.387 e. The van der Waals surface area contributed by atoms with Crippen LogP contribution < -0.4 is 10.1 Å². The lowest BCUT2D eigenvalue weighted by Gasteiger charge is -2.31. The fourth-order valence-electron chi connectivity index (χ4n) is 2.80. The highest BCUT2D eigenvalue weighted by Crippen LogP contribution is 2.25. The van der Waals surface area contributed by atoms with Crippen LogP contribution in [-0.2, 0) is 6.54 Å². The zero-order valence-electron chi connectivity index (χ0n) is 11.4. The molecule has 2 N–H and O–H groups in total. The normalized spacial score (nSPS) is 23.0. The molecule has 1 aliphatic carbocycles. The van der Waals surface area contributed by atoms with Crippen LogP contribution in [0.3, 0.4) is 0 Å². The molecule has 2 unspecified atom stereocenters. The van der Waals surface area contributed by atoms with Crippen LogP contribution in [0.2, 0.25) is 0 Å². The summed E-state index contributed by atoms with van der Waals surface area (Å²) in [6, 6.07) is 7.06. The van der Waals surface area contributed by atoms with E-state index in [4.69, 9.17) is 0 Å². The van der Waals surface area contributed by atoms with Crippen LogP contribution in [0.1, 0.15) is 31.2 Å². The molecular formula is C15H21F2NO2. The van der Waals surface area contributed by atoms with Crippen molar-refractivity contribution in [1.29, 1.82) is 0 Å². The summed E-state index contributed by atoms with van der Waals surface area (Å²) in [6.07, 6.45) is 4.32. The van der Waals surface area contributed by atoms with Crippen LogP contribution in [-0.4, -0.2) is 24.4 Å². The number of nitrogens with one attached hydrogen (secondary N) is 1. The molecule has 0 radical (unpaired) electrons. The third-order valence-electron chi connectivity index (χ3n) is 3.89. The van der Waals surface area contributed by atoms with E-state index < -0.39 is 6.61 Å². The Kier molecular flexibility index (Phi) is 5.73. The van der Waals surface area contributed by atoms with Crippen LogP contribution >= 0.6 is 0 Å². The first kappa shape index (κ1) is 15.2. The lowest BCUT2D eigenvalue weighted by atomic mass is 9.85. The van der Waals surface area contributed by atoms with Crippen LogP contribution in [0.15, 0.2) is 24.3 Å². The Bertz CT molecular complexity index is 415. The molecule has 2 rings (SSSR count). The third kappa shape index (κ3) is 4.15. The minimum Gasteiger partial charge on any atom is -0.434 e. The van der Waals surface area contributed by atoms with E-state index in [1.54, 1.807) is 24.3 Å². The number of hydrogen-bond acceptors (Lipinski definition) is 3. The number of aliphatic hydroxyl groups is 1. The van der Waals surface area contributed by atoms with Gasteiger partial charge in [0.25, 0.3) is 0 Å². The monoisotopic (exact) mass is 285 g/mol. The van der Waals surface area contributed by atoms with Crippen LogP contribution in [0.4, 0.5) is 8.78 Å². The van der Waals surface area contributed by atoms with Gasteiger partial charge in [0.05, 0.1) is 0 Å². The van der Waals surface area contributed by atoms with E-state index >= 15 is 0 Å². The number of para-hydroxylation sites is 1. The first-order chi connectivity index (χ1) is 9.70. The van der Waals surface area contributed by atoms with Gasteiger partial charge in [0.2, 0.25) is 0 Å². The molecule has 1 aromatic carbocycles. The molecule has 2 atom stereocenters. The highest BCUT2D eigenvalue weighted by atomic mass is 19.3. The van der Waals surface area contributed by atoms with Gasteiger partial charge in [0, 0.05) is 24.8 Å². The SMILES string of the molecule is OCC1CCCCC1NCc1ccccc1OC(F)F. The fraction of sp³-hybridized carbons (Fsp3) is 0.600. The first-order valence-corrected chi connectivity index (χ1v) is 7.07. The van der Waals surface area contributed by atoms with Gasteiger partial charge < -0.3 is 15.2 Å². The zero-order valence-corrected chi connectivity index (χ0v) is 11.4. The minimum absolute atomic E-state index is 0.173. The maximum absolute atomic E-state index is 12.3. The molecule has 1 aliphatic rings. The molecular weight excluding hydrogens is 264 g/mol. The molecule has 0 heterocycles. The summed E-state index contributed by atoms with van der Waals surface area (Å²) in [6.45, 7) is -2.16. The van der Waals surface area contributed by atoms with E-state index in [1.807, 2.05) is 0 Å². The van der Waals surface area contributed by atoms with E-state index in [0.29, 0.717) is 6.54 Å². The van der Waals surface area contributed by atoms with Crippen molar-refractivity contribution in [1.82, 2.24) is 5.32 Å². The second-order valence-corrected chi connectivity index (χ2v) is 5.20. The summed E-state index contributed by atoms with van der Waals surface area (Å²) in [7, 11) is 0. The Balaban J connectivity index is 1.96. The van der Waals surface area contributed by atoms with E-state index in [2.05, 4.69) is 10.1 Å². The Morgan fingerprint density at radius 3 is 2.75 bits per heavy atom. The molecule has 5 heteroatoms. The number of halogens is 2. The predicted molar refractivity (Wildman–Crippen MR) is 72.7 cm³/mol. The maximum atomic E-state index is 12.3. The van der Waals surface area contributed by atoms with Gasteiger partial charge in [-0.05, 0) is 24.8 Å². The number of alkyl halides is 2. The average Bonchev–Trinajstić information content (AvgIpc) is 2.46. The van der Waals surface area contributed by atoms with Crippen molar-refractivity contribution in [3.8, 4) is 5.75 Å². The molecule has 0 bridgehead atoms. The average molecular weight is 285 g/mol. The number of rotatable bonds is 6. The molecule has 20 heavy (non-hydrogen) atoms. The summed E-state index contributed by atoms with van der Waals surface area (Å²) in [4.78, 5) is 0. The zero-order chi connectivity index (χ0) is 14.4. The standard InChI is InChI=1S/C15H21F2NO2/c16-15(17)20-14-8-4-2-5-11(14)9-18-13-7-3-1-6-12(13)10-19/h2,4-5,8,12-13,15,18-19H,1,3,6-7,9-10H2. The molecule has 1 aromatic rings. The van der Waals surface area contributed by atoms with Crippen molar-refractivity contribution in [2.24, 2.45) is 5.92 Å². The minimum atomic E-state index is -2.81. The predicted octanol–water partition coefficient (Wildman–Crippen LogP) is 2.93. The van der Waals surface area contributed by atoms with Gasteiger partial charge in [-0.2, -0.15) is 8.78 Å². The van der Waals surface area contributed by atoms with Crippen molar-refractivity contribution in [3.63, 3.8) is 0 Å². The van der Waals surface area contributed by atoms with Crippen molar-refractivity contribution >= 4 is 0 Å². The van der Waals surface area contributed by atoms with Crippen molar-refractivity contribution in [2.45, 2.75) is 44.9 Å². The van der Waals surface area contributed by atoms with Gasteiger partial charge >= 0.3 is 6.61 Å². The number of benzene rings is 1. The second kappa shape index (κ2) is 7.55. The second-order valence-electron chi connectivity index (χ2n) is 5.20. The van der Waals surface area contributed by atoms with Gasteiger partial charge in [-0.25, -0.2) is 0 Å². The molecule has 0 saturated heterocycles. The molecule has 1 fully saturated rings. The van der Waals surface area contributed by atoms with Crippen molar-refractivity contribution in [3.05, 3.63) is 29.8 Å². The number of aliphatic hydroxyl groups excluding tert-OH is 1. The summed E-state index contributed by atoms with van der Waals surface area (Å²) >= 11 is 0. The highest BCUT2D eigenvalue weighted by Gasteiger charge is 2.24. The lowest BCUT2D eigenvalue weighted by molar-refractivity contribution is -0.0505. The van der Waals surface area contributed by atoms with Crippen LogP contribution in [0.5, 0.6) is 5.75 Å². The maximum Gasteiger partial charge on any atom is 0.387 e. The Morgan fingerprint density at radius 1 is 1.25 bits per heavy atom.